The van der Waals surface area contributed by atoms with E-state index < -0.39 is 0 Å². The van der Waals surface area contributed by atoms with Crippen LogP contribution in [0.4, 0.5) is 0 Å². The van der Waals surface area contributed by atoms with E-state index in [1.807, 2.05) is 6.07 Å². The van der Waals surface area contributed by atoms with Crippen LogP contribution in [-0.4, -0.2) is 14.8 Å². The van der Waals surface area contributed by atoms with Crippen LogP contribution in [0.5, 0.6) is 11.5 Å². The Morgan fingerprint density at radius 3 is 2.57 bits per heavy atom. The van der Waals surface area contributed by atoms with Crippen molar-refractivity contribution in [3.63, 3.8) is 0 Å². The largest absolute Gasteiger partial charge is 0.508 e. The molecule has 0 bridgehead atoms. The highest BCUT2D eigenvalue weighted by molar-refractivity contribution is 5.69. The molecule has 3 rings (SSSR count). The van der Waals surface area contributed by atoms with Crippen molar-refractivity contribution in [3.05, 3.63) is 36.0 Å². The number of aromatic hydroxyl groups is 2. The first kappa shape index (κ1) is 14.1. The van der Waals surface area contributed by atoms with Gasteiger partial charge in [0.2, 0.25) is 0 Å². The number of aromatic nitrogens is 1. The van der Waals surface area contributed by atoms with E-state index in [-0.39, 0.29) is 11.5 Å². The lowest BCUT2D eigenvalue weighted by Gasteiger charge is -2.24. The van der Waals surface area contributed by atoms with E-state index in [0.717, 1.165) is 18.2 Å². The van der Waals surface area contributed by atoms with Crippen molar-refractivity contribution < 1.29 is 10.2 Å². The fraction of sp³-hybridized carbons (Fsp3) is 0.444. The Hall–Kier alpha value is -1.90. The minimum Gasteiger partial charge on any atom is -0.508 e. The first-order valence-electron chi connectivity index (χ1n) is 7.83. The van der Waals surface area contributed by atoms with Crippen LogP contribution in [0.3, 0.4) is 0 Å². The van der Waals surface area contributed by atoms with Crippen molar-refractivity contribution >= 4 is 0 Å². The Kier molecular flexibility index (Phi) is 3.91. The van der Waals surface area contributed by atoms with Gasteiger partial charge in [-0.3, -0.25) is 0 Å². The van der Waals surface area contributed by atoms with Crippen LogP contribution >= 0.6 is 0 Å². The maximum atomic E-state index is 10.1. The Balaban J connectivity index is 1.94. The maximum absolute atomic E-state index is 10.1. The molecule has 112 valence electrons. The standard InChI is InChI=1S/C18H23NO2/c1-13-7-9-17(16-11-15(20)8-10-18(16)21)19(13)12-14-5-3-2-4-6-14/h7-11,14,20-21H,2-6,12H2,1H3. The molecule has 3 nitrogen and oxygen atoms in total. The number of aryl methyl sites for hydroxylation is 1. The lowest BCUT2D eigenvalue weighted by Crippen LogP contribution is -2.15. The van der Waals surface area contributed by atoms with Crippen LogP contribution in [0, 0.1) is 12.8 Å². The van der Waals surface area contributed by atoms with Crippen LogP contribution in [0.2, 0.25) is 0 Å². The minimum absolute atomic E-state index is 0.186. The van der Waals surface area contributed by atoms with E-state index in [1.54, 1.807) is 12.1 Å². The summed E-state index contributed by atoms with van der Waals surface area (Å²) in [5, 5.41) is 19.8. The second-order valence-electron chi connectivity index (χ2n) is 6.18. The molecule has 1 fully saturated rings. The third kappa shape index (κ3) is 2.92. The average Bonchev–Trinajstić information content (AvgIpc) is 2.84. The summed E-state index contributed by atoms with van der Waals surface area (Å²) in [5.41, 5.74) is 2.91. The SMILES string of the molecule is Cc1ccc(-c2cc(O)ccc2O)n1CC1CCCCC1. The highest BCUT2D eigenvalue weighted by atomic mass is 16.3. The van der Waals surface area contributed by atoms with E-state index in [4.69, 9.17) is 0 Å². The molecule has 0 aliphatic heterocycles. The number of phenolic OH excluding ortho intramolecular Hbond substituents is 2. The van der Waals surface area contributed by atoms with Crippen LogP contribution in [0.15, 0.2) is 30.3 Å². The predicted octanol–water partition coefficient (Wildman–Crippen LogP) is 4.46. The number of hydrogen-bond acceptors (Lipinski definition) is 2. The van der Waals surface area contributed by atoms with Gasteiger partial charge in [0, 0.05) is 17.8 Å². The molecular formula is C18H23NO2. The molecule has 21 heavy (non-hydrogen) atoms. The summed E-state index contributed by atoms with van der Waals surface area (Å²) in [6.45, 7) is 3.11. The van der Waals surface area contributed by atoms with E-state index in [2.05, 4.69) is 17.6 Å². The Morgan fingerprint density at radius 2 is 1.81 bits per heavy atom. The first-order valence-corrected chi connectivity index (χ1v) is 7.83. The van der Waals surface area contributed by atoms with Gasteiger partial charge in [0.15, 0.2) is 0 Å². The number of nitrogens with zero attached hydrogens (tertiary/aromatic N) is 1. The van der Waals surface area contributed by atoms with Gasteiger partial charge in [0.1, 0.15) is 11.5 Å². The van der Waals surface area contributed by atoms with Crippen molar-refractivity contribution in [2.45, 2.75) is 45.6 Å². The molecule has 0 radical (unpaired) electrons. The second kappa shape index (κ2) is 5.84. The van der Waals surface area contributed by atoms with Crippen molar-refractivity contribution in [2.24, 2.45) is 5.92 Å². The summed E-state index contributed by atoms with van der Waals surface area (Å²) in [5.74, 6) is 1.13. The molecule has 0 amide bonds. The van der Waals surface area contributed by atoms with Gasteiger partial charge in [-0.05, 0) is 56.0 Å². The summed E-state index contributed by atoms with van der Waals surface area (Å²) in [7, 11) is 0. The average molecular weight is 285 g/mol. The molecule has 0 saturated heterocycles. The second-order valence-corrected chi connectivity index (χ2v) is 6.18. The number of benzene rings is 1. The van der Waals surface area contributed by atoms with Crippen molar-refractivity contribution in [2.75, 3.05) is 0 Å². The molecule has 1 heterocycles. The van der Waals surface area contributed by atoms with Crippen LogP contribution in [0.25, 0.3) is 11.3 Å². The van der Waals surface area contributed by atoms with Crippen LogP contribution in [-0.2, 0) is 6.54 Å². The summed E-state index contributed by atoms with van der Waals surface area (Å²) in [6, 6.07) is 8.83. The minimum atomic E-state index is 0.186. The Labute approximate surface area is 125 Å². The van der Waals surface area contributed by atoms with Gasteiger partial charge in [0.25, 0.3) is 0 Å². The summed E-state index contributed by atoms with van der Waals surface area (Å²) in [4.78, 5) is 0. The molecular weight excluding hydrogens is 262 g/mol. The molecule has 2 aromatic rings. The number of rotatable bonds is 3. The topological polar surface area (TPSA) is 45.4 Å². The maximum Gasteiger partial charge on any atom is 0.125 e. The smallest absolute Gasteiger partial charge is 0.125 e. The zero-order chi connectivity index (χ0) is 14.8. The van der Waals surface area contributed by atoms with Gasteiger partial charge >= 0.3 is 0 Å². The molecule has 1 saturated carbocycles. The van der Waals surface area contributed by atoms with Crippen molar-refractivity contribution in [3.8, 4) is 22.8 Å². The van der Waals surface area contributed by atoms with Gasteiger partial charge in [-0.2, -0.15) is 0 Å². The van der Waals surface area contributed by atoms with Gasteiger partial charge in [0.05, 0.1) is 5.69 Å². The number of phenols is 2. The van der Waals surface area contributed by atoms with E-state index >= 15 is 0 Å². The van der Waals surface area contributed by atoms with Crippen LogP contribution < -0.4 is 0 Å². The molecule has 3 heteroatoms. The van der Waals surface area contributed by atoms with E-state index in [1.165, 1.54) is 43.9 Å². The third-order valence-electron chi connectivity index (χ3n) is 4.62. The monoisotopic (exact) mass is 285 g/mol. The number of hydrogen-bond donors (Lipinski definition) is 2. The quantitative estimate of drug-likeness (QED) is 0.818. The predicted molar refractivity (Wildman–Crippen MR) is 84.5 cm³/mol. The third-order valence-corrected chi connectivity index (χ3v) is 4.62. The van der Waals surface area contributed by atoms with Gasteiger partial charge < -0.3 is 14.8 Å². The molecule has 1 aliphatic rings. The molecule has 1 aromatic carbocycles. The fourth-order valence-electron chi connectivity index (χ4n) is 3.40. The normalized spacial score (nSPS) is 16.2. The molecule has 2 N–H and O–H groups in total. The highest BCUT2D eigenvalue weighted by Gasteiger charge is 2.18. The lowest BCUT2D eigenvalue weighted by atomic mass is 9.89. The molecule has 0 spiro atoms. The van der Waals surface area contributed by atoms with Crippen molar-refractivity contribution in [1.29, 1.82) is 0 Å². The summed E-state index contributed by atoms with van der Waals surface area (Å²) >= 11 is 0. The molecule has 0 unspecified atom stereocenters. The van der Waals surface area contributed by atoms with E-state index in [0.29, 0.717) is 5.56 Å². The summed E-state index contributed by atoms with van der Waals surface area (Å²) in [6.07, 6.45) is 6.61. The summed E-state index contributed by atoms with van der Waals surface area (Å²) < 4.78 is 2.28. The van der Waals surface area contributed by atoms with Gasteiger partial charge in [-0.15, -0.1) is 0 Å². The zero-order valence-electron chi connectivity index (χ0n) is 12.5. The Morgan fingerprint density at radius 1 is 1.05 bits per heavy atom. The first-order chi connectivity index (χ1) is 10.1. The Bertz CT molecular complexity index is 624. The molecule has 1 aliphatic carbocycles. The lowest BCUT2D eigenvalue weighted by molar-refractivity contribution is 0.319. The van der Waals surface area contributed by atoms with Gasteiger partial charge in [-0.1, -0.05) is 19.3 Å². The van der Waals surface area contributed by atoms with Crippen molar-refractivity contribution in [1.82, 2.24) is 4.57 Å². The molecule has 1 aromatic heterocycles. The highest BCUT2D eigenvalue weighted by Crippen LogP contribution is 2.35. The fourth-order valence-corrected chi connectivity index (χ4v) is 3.40. The van der Waals surface area contributed by atoms with E-state index in [9.17, 15) is 10.2 Å². The zero-order valence-corrected chi connectivity index (χ0v) is 12.5. The van der Waals surface area contributed by atoms with Gasteiger partial charge in [-0.25, -0.2) is 0 Å². The van der Waals surface area contributed by atoms with Crippen LogP contribution in [0.1, 0.15) is 37.8 Å². The molecule has 0 atom stereocenters.